The summed E-state index contributed by atoms with van der Waals surface area (Å²) < 4.78 is 0. The number of fused-ring (bicyclic) bond motifs is 1. The molecule has 1 fully saturated rings. The van der Waals surface area contributed by atoms with E-state index >= 15 is 0 Å². The van der Waals surface area contributed by atoms with Crippen LogP contribution in [0.25, 0.3) is 10.9 Å². The van der Waals surface area contributed by atoms with E-state index in [4.69, 9.17) is 4.98 Å². The van der Waals surface area contributed by atoms with Crippen molar-refractivity contribution in [3.8, 4) is 0 Å². The Morgan fingerprint density at radius 2 is 1.67 bits per heavy atom. The molecule has 0 atom stereocenters. The lowest BCUT2D eigenvalue weighted by Crippen LogP contribution is -2.45. The van der Waals surface area contributed by atoms with Crippen LogP contribution in [0.5, 0.6) is 0 Å². The van der Waals surface area contributed by atoms with Gasteiger partial charge in [-0.2, -0.15) is 0 Å². The summed E-state index contributed by atoms with van der Waals surface area (Å²) in [5, 5.41) is 0.942. The van der Waals surface area contributed by atoms with Crippen molar-refractivity contribution in [3.05, 3.63) is 71.3 Å². The molecule has 0 N–H and O–H groups in total. The van der Waals surface area contributed by atoms with Gasteiger partial charge in [-0.05, 0) is 25.1 Å². The van der Waals surface area contributed by atoms with Gasteiger partial charge in [-0.3, -0.25) is 4.79 Å². The molecule has 1 aliphatic heterocycles. The van der Waals surface area contributed by atoms with E-state index in [9.17, 15) is 4.79 Å². The number of piperazine rings is 1. The van der Waals surface area contributed by atoms with Crippen LogP contribution in [0.15, 0.2) is 54.6 Å². The maximum absolute atomic E-state index is 13.7. The summed E-state index contributed by atoms with van der Waals surface area (Å²) >= 11 is 0. The molecule has 5 heteroatoms. The highest BCUT2D eigenvalue weighted by molar-refractivity contribution is 6.08. The van der Waals surface area contributed by atoms with Crippen LogP contribution in [0, 0.1) is 0 Å². The molecule has 0 aliphatic carbocycles. The number of pyridine rings is 1. The molecule has 4 rings (SSSR count). The average molecular weight is 403 g/mol. The third-order valence-corrected chi connectivity index (χ3v) is 5.95. The van der Waals surface area contributed by atoms with E-state index in [1.54, 1.807) is 0 Å². The zero-order valence-electron chi connectivity index (χ0n) is 18.1. The van der Waals surface area contributed by atoms with Crippen molar-refractivity contribution in [1.29, 1.82) is 0 Å². The number of nitrogens with zero attached hydrogens (tertiary/aromatic N) is 4. The summed E-state index contributed by atoms with van der Waals surface area (Å²) in [4.78, 5) is 25.2. The van der Waals surface area contributed by atoms with Crippen LogP contribution in [-0.4, -0.2) is 61.0 Å². The van der Waals surface area contributed by atoms with Crippen molar-refractivity contribution in [3.63, 3.8) is 0 Å². The Hall–Kier alpha value is -2.92. The van der Waals surface area contributed by atoms with Crippen molar-refractivity contribution in [2.24, 2.45) is 0 Å². The molecule has 1 aromatic heterocycles. The lowest BCUT2D eigenvalue weighted by atomic mass is 9.98. The highest BCUT2D eigenvalue weighted by atomic mass is 16.2. The summed E-state index contributed by atoms with van der Waals surface area (Å²) in [7, 11) is 4.04. The Kier molecular flexibility index (Phi) is 6.00. The van der Waals surface area contributed by atoms with Crippen LogP contribution in [0.3, 0.4) is 0 Å². The molecule has 0 spiro atoms. The number of likely N-dealkylation sites (N-methyl/N-ethyl adjacent to an activating group) is 1. The van der Waals surface area contributed by atoms with E-state index < -0.39 is 0 Å². The second kappa shape index (κ2) is 8.84. The lowest BCUT2D eigenvalue weighted by Gasteiger charge is -2.35. The number of carbonyl (C=O) groups excluding carboxylic acids is 1. The van der Waals surface area contributed by atoms with Gasteiger partial charge >= 0.3 is 0 Å². The Morgan fingerprint density at radius 1 is 1.00 bits per heavy atom. The van der Waals surface area contributed by atoms with Gasteiger partial charge in [0.2, 0.25) is 0 Å². The average Bonchev–Trinajstić information content (AvgIpc) is 2.78. The Labute approximate surface area is 178 Å². The van der Waals surface area contributed by atoms with Gasteiger partial charge in [0.1, 0.15) is 5.82 Å². The molecular formula is C25H30N4O. The van der Waals surface area contributed by atoms with Crippen LogP contribution in [-0.2, 0) is 13.0 Å². The number of carbonyl (C=O) groups is 1. The van der Waals surface area contributed by atoms with Crippen molar-refractivity contribution < 1.29 is 4.79 Å². The maximum Gasteiger partial charge on any atom is 0.255 e. The van der Waals surface area contributed by atoms with Crippen molar-refractivity contribution in [2.45, 2.75) is 19.9 Å². The van der Waals surface area contributed by atoms with E-state index in [1.165, 1.54) is 0 Å². The van der Waals surface area contributed by atoms with Crippen LogP contribution in [0.1, 0.15) is 28.4 Å². The predicted molar refractivity (Wildman–Crippen MR) is 123 cm³/mol. The summed E-state index contributed by atoms with van der Waals surface area (Å²) in [6, 6.07) is 18.2. The van der Waals surface area contributed by atoms with Gasteiger partial charge in [-0.15, -0.1) is 0 Å². The minimum absolute atomic E-state index is 0.0599. The predicted octanol–water partition coefficient (Wildman–Crippen LogP) is 3.82. The minimum Gasteiger partial charge on any atom is -0.354 e. The smallest absolute Gasteiger partial charge is 0.255 e. The van der Waals surface area contributed by atoms with E-state index in [2.05, 4.69) is 35.9 Å². The fourth-order valence-corrected chi connectivity index (χ4v) is 4.22. The number of rotatable bonds is 5. The minimum atomic E-state index is 0.0599. The third-order valence-electron chi connectivity index (χ3n) is 5.95. The standard InChI is InChI=1S/C25H30N4O/c1-4-20-23(25(30)28(3)18-19-10-6-5-7-11-19)21-12-8-9-13-22(21)26-24(20)29-16-14-27(2)15-17-29/h5-13H,4,14-18H2,1-3H3. The Balaban J connectivity index is 1.78. The first-order valence-corrected chi connectivity index (χ1v) is 10.7. The molecule has 1 amide bonds. The molecule has 0 unspecified atom stereocenters. The number of hydrogen-bond acceptors (Lipinski definition) is 4. The van der Waals surface area contributed by atoms with Crippen molar-refractivity contribution in [2.75, 3.05) is 45.2 Å². The Morgan fingerprint density at radius 3 is 2.37 bits per heavy atom. The first-order chi connectivity index (χ1) is 14.6. The molecule has 5 nitrogen and oxygen atoms in total. The van der Waals surface area contributed by atoms with Crippen LogP contribution >= 0.6 is 0 Å². The highest BCUT2D eigenvalue weighted by Gasteiger charge is 2.26. The first-order valence-electron chi connectivity index (χ1n) is 10.7. The van der Waals surface area contributed by atoms with Gasteiger partial charge in [-0.1, -0.05) is 55.5 Å². The van der Waals surface area contributed by atoms with Gasteiger partial charge in [0.25, 0.3) is 5.91 Å². The van der Waals surface area contributed by atoms with Crippen LogP contribution in [0.2, 0.25) is 0 Å². The quantitative estimate of drug-likeness (QED) is 0.650. The number of aromatic nitrogens is 1. The maximum atomic E-state index is 13.7. The zero-order chi connectivity index (χ0) is 21.1. The molecule has 156 valence electrons. The van der Waals surface area contributed by atoms with Crippen molar-refractivity contribution in [1.82, 2.24) is 14.8 Å². The van der Waals surface area contributed by atoms with Gasteiger partial charge < -0.3 is 14.7 Å². The number of anilines is 1. The summed E-state index contributed by atoms with van der Waals surface area (Å²) in [6.07, 6.45) is 0.778. The SMILES string of the molecule is CCc1c(N2CCN(C)CC2)nc2ccccc2c1C(=O)N(C)Cc1ccccc1. The number of hydrogen-bond donors (Lipinski definition) is 0. The lowest BCUT2D eigenvalue weighted by molar-refractivity contribution is 0.0786. The second-order valence-electron chi connectivity index (χ2n) is 8.10. The molecule has 1 aliphatic rings. The van der Waals surface area contributed by atoms with Gasteiger partial charge in [0, 0.05) is 50.7 Å². The molecule has 30 heavy (non-hydrogen) atoms. The monoisotopic (exact) mass is 402 g/mol. The summed E-state index contributed by atoms with van der Waals surface area (Å²) in [5.41, 5.74) is 3.88. The van der Waals surface area contributed by atoms with Crippen molar-refractivity contribution >= 4 is 22.6 Å². The molecule has 0 radical (unpaired) electrons. The summed E-state index contributed by atoms with van der Waals surface area (Å²) in [5.74, 6) is 1.03. The van der Waals surface area contributed by atoms with E-state index in [1.807, 2.05) is 54.4 Å². The Bertz CT molecular complexity index is 1030. The third kappa shape index (κ3) is 4.03. The molecule has 2 aromatic carbocycles. The fourth-order valence-electron chi connectivity index (χ4n) is 4.22. The van der Waals surface area contributed by atoms with Gasteiger partial charge in [-0.25, -0.2) is 4.98 Å². The van der Waals surface area contributed by atoms with E-state index in [0.717, 1.165) is 66.0 Å². The molecular weight excluding hydrogens is 372 g/mol. The number of para-hydroxylation sites is 1. The first kappa shape index (κ1) is 20.4. The molecule has 0 saturated carbocycles. The van der Waals surface area contributed by atoms with Gasteiger partial charge in [0.15, 0.2) is 0 Å². The summed E-state index contributed by atoms with van der Waals surface area (Å²) in [6.45, 7) is 6.59. The normalized spacial score (nSPS) is 14.8. The fraction of sp³-hybridized carbons (Fsp3) is 0.360. The topological polar surface area (TPSA) is 39.7 Å². The van der Waals surface area contributed by atoms with Crippen LogP contribution < -0.4 is 4.90 Å². The molecule has 2 heterocycles. The molecule has 1 saturated heterocycles. The number of benzene rings is 2. The second-order valence-corrected chi connectivity index (χ2v) is 8.10. The van der Waals surface area contributed by atoms with E-state index in [0.29, 0.717) is 6.54 Å². The number of amides is 1. The van der Waals surface area contributed by atoms with Crippen LogP contribution in [0.4, 0.5) is 5.82 Å². The molecule has 3 aromatic rings. The van der Waals surface area contributed by atoms with Gasteiger partial charge in [0.05, 0.1) is 11.1 Å². The largest absolute Gasteiger partial charge is 0.354 e. The molecule has 0 bridgehead atoms. The zero-order valence-corrected chi connectivity index (χ0v) is 18.1. The van der Waals surface area contributed by atoms with E-state index in [-0.39, 0.29) is 5.91 Å². The highest BCUT2D eigenvalue weighted by Crippen LogP contribution is 2.31.